The highest BCUT2D eigenvalue weighted by molar-refractivity contribution is 8.01. The number of aliphatic carboxylic acids is 1. The highest BCUT2D eigenvalue weighted by atomic mass is 32.2. The molecule has 0 saturated carbocycles. The standard InChI is InChI=1S/C9H16N2O2S/c1-11-3-2-9(5-11)7(8(12)13)6(10)4-14-9/h6-7H,2-5,10H2,1H3,(H,12,13). The van der Waals surface area contributed by atoms with Crippen LogP contribution in [0.3, 0.4) is 0 Å². The molecule has 2 saturated heterocycles. The van der Waals surface area contributed by atoms with Gasteiger partial charge < -0.3 is 15.7 Å². The van der Waals surface area contributed by atoms with Crippen LogP contribution in [0.25, 0.3) is 0 Å². The van der Waals surface area contributed by atoms with Crippen molar-refractivity contribution in [1.82, 2.24) is 4.90 Å². The molecule has 2 heterocycles. The molecular formula is C9H16N2O2S. The molecule has 4 nitrogen and oxygen atoms in total. The van der Waals surface area contributed by atoms with Gasteiger partial charge in [0.25, 0.3) is 0 Å². The van der Waals surface area contributed by atoms with Gasteiger partial charge in [-0.3, -0.25) is 4.79 Å². The third-order valence-electron chi connectivity index (χ3n) is 3.28. The molecule has 0 aromatic carbocycles. The predicted octanol–water partition coefficient (Wildman–Crippen LogP) is -0.164. The molecule has 3 unspecified atom stereocenters. The summed E-state index contributed by atoms with van der Waals surface area (Å²) in [4.78, 5) is 13.4. The van der Waals surface area contributed by atoms with Gasteiger partial charge in [-0.05, 0) is 20.0 Å². The van der Waals surface area contributed by atoms with Crippen molar-refractivity contribution in [3.05, 3.63) is 0 Å². The second kappa shape index (κ2) is 3.40. The molecule has 2 rings (SSSR count). The Morgan fingerprint density at radius 1 is 1.71 bits per heavy atom. The number of nitrogens with two attached hydrogens (primary N) is 1. The van der Waals surface area contributed by atoms with Crippen LogP contribution in [0.5, 0.6) is 0 Å². The van der Waals surface area contributed by atoms with E-state index >= 15 is 0 Å². The van der Waals surface area contributed by atoms with Crippen LogP contribution in [0, 0.1) is 5.92 Å². The van der Waals surface area contributed by atoms with E-state index in [0.29, 0.717) is 0 Å². The van der Waals surface area contributed by atoms with Gasteiger partial charge in [-0.15, -0.1) is 0 Å². The summed E-state index contributed by atoms with van der Waals surface area (Å²) in [6, 6.07) is -0.177. The number of rotatable bonds is 1. The molecule has 0 radical (unpaired) electrons. The summed E-state index contributed by atoms with van der Waals surface area (Å²) in [6.45, 7) is 1.85. The van der Waals surface area contributed by atoms with Gasteiger partial charge in [-0.1, -0.05) is 0 Å². The summed E-state index contributed by atoms with van der Waals surface area (Å²) < 4.78 is -0.111. The fourth-order valence-electron chi connectivity index (χ4n) is 2.61. The molecule has 2 aliphatic heterocycles. The first-order valence-electron chi connectivity index (χ1n) is 4.86. The zero-order chi connectivity index (χ0) is 10.3. The van der Waals surface area contributed by atoms with E-state index in [2.05, 4.69) is 4.90 Å². The van der Waals surface area contributed by atoms with Crippen molar-refractivity contribution in [1.29, 1.82) is 0 Å². The van der Waals surface area contributed by atoms with Crippen LogP contribution in [-0.2, 0) is 4.79 Å². The topological polar surface area (TPSA) is 66.6 Å². The van der Waals surface area contributed by atoms with Crippen LogP contribution in [0.4, 0.5) is 0 Å². The fourth-order valence-corrected chi connectivity index (χ4v) is 4.33. The molecule has 3 atom stereocenters. The van der Waals surface area contributed by atoms with E-state index in [-0.39, 0.29) is 16.7 Å². The first-order chi connectivity index (χ1) is 6.55. The molecule has 80 valence electrons. The Labute approximate surface area is 87.8 Å². The second-order valence-corrected chi connectivity index (χ2v) is 5.78. The SMILES string of the molecule is CN1CCC2(C1)SCC(N)C2C(=O)O. The van der Waals surface area contributed by atoms with Crippen LogP contribution >= 0.6 is 11.8 Å². The highest BCUT2D eigenvalue weighted by Gasteiger charge is 2.54. The Morgan fingerprint density at radius 3 is 2.93 bits per heavy atom. The number of carbonyl (C=O) groups is 1. The minimum atomic E-state index is -0.724. The number of hydrogen-bond donors (Lipinski definition) is 2. The normalized spacial score (nSPS) is 43.6. The van der Waals surface area contributed by atoms with Crippen LogP contribution in [0.15, 0.2) is 0 Å². The molecular weight excluding hydrogens is 200 g/mol. The van der Waals surface area contributed by atoms with E-state index < -0.39 is 5.97 Å². The molecule has 0 aromatic rings. The number of nitrogens with zero attached hydrogens (tertiary/aromatic N) is 1. The molecule has 0 bridgehead atoms. The highest BCUT2D eigenvalue weighted by Crippen LogP contribution is 2.48. The summed E-state index contributed by atoms with van der Waals surface area (Å²) in [5, 5.41) is 9.18. The van der Waals surface area contributed by atoms with Gasteiger partial charge in [-0.25, -0.2) is 0 Å². The van der Waals surface area contributed by atoms with Gasteiger partial charge in [0.1, 0.15) is 0 Å². The Bertz CT molecular complexity index is 257. The smallest absolute Gasteiger partial charge is 0.309 e. The molecule has 3 N–H and O–H groups in total. The van der Waals surface area contributed by atoms with Crippen molar-refractivity contribution in [2.24, 2.45) is 11.7 Å². The lowest BCUT2D eigenvalue weighted by molar-refractivity contribution is -0.143. The molecule has 1 spiro atoms. The molecule has 5 heteroatoms. The zero-order valence-corrected chi connectivity index (χ0v) is 9.09. The number of carboxylic acid groups (broad SMARTS) is 1. The monoisotopic (exact) mass is 216 g/mol. The molecule has 0 aliphatic carbocycles. The molecule has 0 amide bonds. The number of thioether (sulfide) groups is 1. The first kappa shape index (κ1) is 10.3. The quantitative estimate of drug-likeness (QED) is 0.637. The maximum atomic E-state index is 11.2. The number of likely N-dealkylation sites (tertiary alicyclic amines) is 1. The van der Waals surface area contributed by atoms with Crippen molar-refractivity contribution >= 4 is 17.7 Å². The van der Waals surface area contributed by atoms with Gasteiger partial charge in [0, 0.05) is 23.1 Å². The Balaban J connectivity index is 2.22. The van der Waals surface area contributed by atoms with Crippen molar-refractivity contribution in [2.45, 2.75) is 17.2 Å². The van der Waals surface area contributed by atoms with Gasteiger partial charge in [0.05, 0.1) is 5.92 Å². The van der Waals surface area contributed by atoms with Crippen LogP contribution < -0.4 is 5.73 Å². The summed E-state index contributed by atoms with van der Waals surface area (Å²) in [5.74, 6) is -0.305. The van der Waals surface area contributed by atoms with E-state index in [1.165, 1.54) is 0 Å². The molecule has 2 aliphatic rings. The van der Waals surface area contributed by atoms with E-state index in [1.54, 1.807) is 11.8 Å². The molecule has 2 fully saturated rings. The maximum Gasteiger partial charge on any atom is 0.309 e. The van der Waals surface area contributed by atoms with E-state index in [0.717, 1.165) is 25.3 Å². The van der Waals surface area contributed by atoms with E-state index in [9.17, 15) is 9.90 Å². The van der Waals surface area contributed by atoms with Gasteiger partial charge in [-0.2, -0.15) is 11.8 Å². The molecule has 14 heavy (non-hydrogen) atoms. The zero-order valence-electron chi connectivity index (χ0n) is 8.27. The maximum absolute atomic E-state index is 11.2. The largest absolute Gasteiger partial charge is 0.481 e. The Hall–Kier alpha value is -0.260. The summed E-state index contributed by atoms with van der Waals surface area (Å²) in [6.07, 6.45) is 0.957. The van der Waals surface area contributed by atoms with Crippen LogP contribution in [-0.4, -0.2) is 52.7 Å². The summed E-state index contributed by atoms with van der Waals surface area (Å²) >= 11 is 1.75. The van der Waals surface area contributed by atoms with Gasteiger partial charge in [0.2, 0.25) is 0 Å². The van der Waals surface area contributed by atoms with E-state index in [4.69, 9.17) is 5.73 Å². The average molecular weight is 216 g/mol. The first-order valence-corrected chi connectivity index (χ1v) is 5.85. The van der Waals surface area contributed by atoms with Crippen molar-refractivity contribution in [3.8, 4) is 0 Å². The predicted molar refractivity (Wildman–Crippen MR) is 56.4 cm³/mol. The van der Waals surface area contributed by atoms with Crippen molar-refractivity contribution < 1.29 is 9.90 Å². The average Bonchev–Trinajstić information content (AvgIpc) is 2.58. The summed E-state index contributed by atoms with van der Waals surface area (Å²) in [5.41, 5.74) is 5.86. The number of carboxylic acids is 1. The van der Waals surface area contributed by atoms with Crippen LogP contribution in [0.1, 0.15) is 6.42 Å². The lowest BCUT2D eigenvalue weighted by Gasteiger charge is -2.28. The Kier molecular flexibility index (Phi) is 2.49. The van der Waals surface area contributed by atoms with Crippen LogP contribution in [0.2, 0.25) is 0 Å². The molecule has 0 aromatic heterocycles. The van der Waals surface area contributed by atoms with Crippen molar-refractivity contribution in [2.75, 3.05) is 25.9 Å². The van der Waals surface area contributed by atoms with Gasteiger partial charge >= 0.3 is 5.97 Å². The van der Waals surface area contributed by atoms with Gasteiger partial charge in [0.15, 0.2) is 0 Å². The third-order valence-corrected chi connectivity index (χ3v) is 4.99. The lowest BCUT2D eigenvalue weighted by Crippen LogP contribution is -2.45. The minimum Gasteiger partial charge on any atom is -0.481 e. The summed E-state index contributed by atoms with van der Waals surface area (Å²) in [7, 11) is 2.04. The van der Waals surface area contributed by atoms with Crippen molar-refractivity contribution in [3.63, 3.8) is 0 Å². The second-order valence-electron chi connectivity index (χ2n) is 4.34. The number of hydrogen-bond acceptors (Lipinski definition) is 4. The van der Waals surface area contributed by atoms with E-state index in [1.807, 2.05) is 7.05 Å². The lowest BCUT2D eigenvalue weighted by atomic mass is 9.86. The minimum absolute atomic E-state index is 0.111. The Morgan fingerprint density at radius 2 is 2.43 bits per heavy atom. The fraction of sp³-hybridized carbons (Fsp3) is 0.889. The third kappa shape index (κ3) is 1.43.